The van der Waals surface area contributed by atoms with Gasteiger partial charge in [0, 0.05) is 51.0 Å². The number of aryl methyl sites for hydroxylation is 1. The third-order valence-corrected chi connectivity index (χ3v) is 6.56. The minimum Gasteiger partial charge on any atom is -0.383 e. The summed E-state index contributed by atoms with van der Waals surface area (Å²) < 4.78 is 5.17. The average molecular weight is 508 g/mol. The molecule has 1 aromatic heterocycles. The molecule has 188 valence electrons. The lowest BCUT2D eigenvalue weighted by atomic mass is 10.1. The van der Waals surface area contributed by atoms with Crippen molar-refractivity contribution in [2.45, 2.75) is 6.92 Å². The lowest BCUT2D eigenvalue weighted by Crippen LogP contribution is -2.52. The molecule has 0 radical (unpaired) electrons. The molecule has 0 unspecified atom stereocenters. The Morgan fingerprint density at radius 3 is 2.33 bits per heavy atom. The summed E-state index contributed by atoms with van der Waals surface area (Å²) in [5.41, 5.74) is 3.19. The lowest BCUT2D eigenvalue weighted by molar-refractivity contribution is -0.132. The van der Waals surface area contributed by atoms with Crippen LogP contribution >= 0.6 is 11.6 Å². The second kappa shape index (κ2) is 12.0. The molecule has 2 aromatic carbocycles. The molecule has 0 spiro atoms. The second-order valence-corrected chi connectivity index (χ2v) is 9.12. The number of amides is 2. The Hall–Kier alpha value is -3.49. The van der Waals surface area contributed by atoms with E-state index in [9.17, 15) is 9.59 Å². The molecule has 0 aliphatic carbocycles. The van der Waals surface area contributed by atoms with E-state index in [1.807, 2.05) is 55.5 Å². The van der Waals surface area contributed by atoms with Crippen molar-refractivity contribution in [3.05, 3.63) is 76.8 Å². The third-order valence-electron chi connectivity index (χ3n) is 6.23. The predicted molar refractivity (Wildman–Crippen MR) is 140 cm³/mol. The number of piperazine rings is 1. The first-order valence-electron chi connectivity index (χ1n) is 11.9. The number of rotatable bonds is 8. The Morgan fingerprint density at radius 2 is 1.69 bits per heavy atom. The van der Waals surface area contributed by atoms with Gasteiger partial charge in [-0.05, 0) is 37.3 Å². The van der Waals surface area contributed by atoms with Crippen LogP contribution in [-0.4, -0.2) is 84.8 Å². The molecule has 1 saturated heterocycles. The molecule has 36 heavy (non-hydrogen) atoms. The SMILES string of the molecule is COCCN(CC(=O)N1CCN(c2ccc(-c3ccccc3Cl)nn2)CC1)C(=O)c1ccc(C)cc1. The summed E-state index contributed by atoms with van der Waals surface area (Å²) in [5, 5.41) is 9.36. The highest BCUT2D eigenvalue weighted by atomic mass is 35.5. The number of aromatic nitrogens is 2. The molecule has 1 fully saturated rings. The molecular formula is C27H30ClN5O3. The summed E-state index contributed by atoms with van der Waals surface area (Å²) in [6, 6.07) is 18.7. The van der Waals surface area contributed by atoms with Gasteiger partial charge < -0.3 is 19.4 Å². The van der Waals surface area contributed by atoms with Gasteiger partial charge in [0.1, 0.15) is 6.54 Å². The Kier molecular flexibility index (Phi) is 8.51. The number of halogens is 1. The van der Waals surface area contributed by atoms with Crippen LogP contribution in [0.1, 0.15) is 15.9 Å². The van der Waals surface area contributed by atoms with E-state index >= 15 is 0 Å². The highest BCUT2D eigenvalue weighted by molar-refractivity contribution is 6.33. The number of ether oxygens (including phenoxy) is 1. The van der Waals surface area contributed by atoms with Crippen LogP contribution < -0.4 is 4.90 Å². The standard InChI is InChI=1S/C27H30ClN5O3/c1-20-7-9-21(10-8-20)27(35)33(17-18-36-2)19-26(34)32-15-13-31(14-16-32)25-12-11-24(29-30-25)22-5-3-4-6-23(22)28/h3-12H,13-19H2,1-2H3. The smallest absolute Gasteiger partial charge is 0.254 e. The van der Waals surface area contributed by atoms with E-state index in [1.165, 1.54) is 0 Å². The zero-order chi connectivity index (χ0) is 25.5. The highest BCUT2D eigenvalue weighted by Crippen LogP contribution is 2.26. The average Bonchev–Trinajstić information content (AvgIpc) is 2.91. The van der Waals surface area contributed by atoms with Gasteiger partial charge >= 0.3 is 0 Å². The van der Waals surface area contributed by atoms with Crippen LogP contribution in [0.25, 0.3) is 11.3 Å². The van der Waals surface area contributed by atoms with Crippen LogP contribution in [-0.2, 0) is 9.53 Å². The normalized spacial score (nSPS) is 13.5. The molecule has 9 heteroatoms. The van der Waals surface area contributed by atoms with E-state index < -0.39 is 0 Å². The maximum Gasteiger partial charge on any atom is 0.254 e. The van der Waals surface area contributed by atoms with E-state index in [0.29, 0.717) is 55.6 Å². The Bertz CT molecular complexity index is 1180. The van der Waals surface area contributed by atoms with Crippen LogP contribution in [0.15, 0.2) is 60.7 Å². The molecule has 1 aliphatic heterocycles. The van der Waals surface area contributed by atoms with Gasteiger partial charge in [-0.3, -0.25) is 9.59 Å². The summed E-state index contributed by atoms with van der Waals surface area (Å²) in [6.07, 6.45) is 0. The molecule has 1 aliphatic rings. The first-order chi connectivity index (χ1) is 17.5. The topological polar surface area (TPSA) is 78.9 Å². The quantitative estimate of drug-likeness (QED) is 0.464. The van der Waals surface area contributed by atoms with Gasteiger partial charge in [0.15, 0.2) is 5.82 Å². The summed E-state index contributed by atoms with van der Waals surface area (Å²) in [5.74, 6) is 0.508. The van der Waals surface area contributed by atoms with Gasteiger partial charge in [0.05, 0.1) is 17.3 Å². The Morgan fingerprint density at radius 1 is 0.972 bits per heavy atom. The fourth-order valence-corrected chi connectivity index (χ4v) is 4.32. The number of methoxy groups -OCH3 is 1. The van der Waals surface area contributed by atoms with Crippen molar-refractivity contribution in [2.75, 3.05) is 57.9 Å². The fraction of sp³-hybridized carbons (Fsp3) is 0.333. The molecule has 0 atom stereocenters. The predicted octanol–water partition coefficient (Wildman–Crippen LogP) is 3.54. The first kappa shape index (κ1) is 25.6. The minimum absolute atomic E-state index is 0.0163. The summed E-state index contributed by atoms with van der Waals surface area (Å²) in [4.78, 5) is 31.6. The molecule has 0 saturated carbocycles. The molecule has 3 aromatic rings. The number of carbonyl (C=O) groups is 2. The molecule has 8 nitrogen and oxygen atoms in total. The van der Waals surface area contributed by atoms with E-state index in [1.54, 1.807) is 29.0 Å². The minimum atomic E-state index is -0.173. The van der Waals surface area contributed by atoms with Gasteiger partial charge in [0.2, 0.25) is 5.91 Å². The van der Waals surface area contributed by atoms with Gasteiger partial charge in [-0.2, -0.15) is 0 Å². The number of carbonyl (C=O) groups excluding carboxylic acids is 2. The first-order valence-corrected chi connectivity index (χ1v) is 12.3. The molecular weight excluding hydrogens is 478 g/mol. The van der Waals surface area contributed by atoms with Crippen molar-refractivity contribution in [1.82, 2.24) is 20.0 Å². The van der Waals surface area contributed by atoms with Crippen LogP contribution in [0.5, 0.6) is 0 Å². The largest absolute Gasteiger partial charge is 0.383 e. The lowest BCUT2D eigenvalue weighted by Gasteiger charge is -2.36. The summed E-state index contributed by atoms with van der Waals surface area (Å²) >= 11 is 6.27. The summed E-state index contributed by atoms with van der Waals surface area (Å²) in [7, 11) is 1.58. The van der Waals surface area contributed by atoms with Crippen LogP contribution in [0.4, 0.5) is 5.82 Å². The zero-order valence-electron chi connectivity index (χ0n) is 20.6. The van der Waals surface area contributed by atoms with Crippen molar-refractivity contribution >= 4 is 29.2 Å². The van der Waals surface area contributed by atoms with Crippen molar-refractivity contribution < 1.29 is 14.3 Å². The monoisotopic (exact) mass is 507 g/mol. The number of benzene rings is 2. The molecule has 2 amide bonds. The number of anilines is 1. The Labute approximate surface area is 216 Å². The summed E-state index contributed by atoms with van der Waals surface area (Å²) in [6.45, 7) is 5.06. The number of hydrogen-bond acceptors (Lipinski definition) is 6. The molecule has 0 N–H and O–H groups in total. The maximum atomic E-state index is 13.1. The van der Waals surface area contributed by atoms with E-state index in [0.717, 1.165) is 16.9 Å². The van der Waals surface area contributed by atoms with Crippen LogP contribution in [0.3, 0.4) is 0 Å². The van der Waals surface area contributed by atoms with Gasteiger partial charge in [-0.1, -0.05) is 47.5 Å². The van der Waals surface area contributed by atoms with Crippen molar-refractivity contribution in [1.29, 1.82) is 0 Å². The Balaban J connectivity index is 1.35. The maximum absolute atomic E-state index is 13.1. The van der Waals surface area contributed by atoms with Gasteiger partial charge in [-0.15, -0.1) is 10.2 Å². The van der Waals surface area contributed by atoms with Gasteiger partial charge in [-0.25, -0.2) is 0 Å². The molecule has 0 bridgehead atoms. The highest BCUT2D eigenvalue weighted by Gasteiger charge is 2.26. The van der Waals surface area contributed by atoms with E-state index in [4.69, 9.17) is 16.3 Å². The molecule has 2 heterocycles. The van der Waals surface area contributed by atoms with E-state index in [2.05, 4.69) is 15.1 Å². The number of hydrogen-bond donors (Lipinski definition) is 0. The third kappa shape index (κ3) is 6.19. The second-order valence-electron chi connectivity index (χ2n) is 8.71. The van der Waals surface area contributed by atoms with Gasteiger partial charge in [0.25, 0.3) is 5.91 Å². The van der Waals surface area contributed by atoms with Crippen LogP contribution in [0, 0.1) is 6.92 Å². The van der Waals surface area contributed by atoms with Crippen molar-refractivity contribution in [2.24, 2.45) is 0 Å². The van der Waals surface area contributed by atoms with Crippen molar-refractivity contribution in [3.63, 3.8) is 0 Å². The fourth-order valence-electron chi connectivity index (χ4n) is 4.09. The molecule has 4 rings (SSSR count). The number of nitrogens with zero attached hydrogens (tertiary/aromatic N) is 5. The van der Waals surface area contributed by atoms with Crippen LogP contribution in [0.2, 0.25) is 5.02 Å². The zero-order valence-corrected chi connectivity index (χ0v) is 21.3. The van der Waals surface area contributed by atoms with Crippen molar-refractivity contribution in [3.8, 4) is 11.3 Å². The van der Waals surface area contributed by atoms with E-state index in [-0.39, 0.29) is 18.4 Å².